The molecule has 4 rings (SSSR count). The zero-order chi connectivity index (χ0) is 17.1. The molecule has 1 fully saturated rings. The van der Waals surface area contributed by atoms with Gasteiger partial charge in [-0.3, -0.25) is 0 Å². The van der Waals surface area contributed by atoms with E-state index >= 15 is 0 Å². The number of aryl methyl sites for hydroxylation is 1. The number of hydrogen-bond acceptors (Lipinski definition) is 4. The number of fused-ring (bicyclic) bond motifs is 1. The molecule has 5 nitrogen and oxygen atoms in total. The molecule has 128 valence electrons. The maximum absolute atomic E-state index is 12.4. The highest BCUT2D eigenvalue weighted by molar-refractivity contribution is 5.92. The number of aliphatic imine (C=N–C) groups is 1. The molecule has 1 aliphatic heterocycles. The van der Waals surface area contributed by atoms with Crippen molar-refractivity contribution in [3.8, 4) is 0 Å². The maximum Gasteiger partial charge on any atom is 0.418 e. The van der Waals surface area contributed by atoms with Crippen LogP contribution in [0, 0.1) is 0 Å². The van der Waals surface area contributed by atoms with Crippen molar-refractivity contribution in [3.63, 3.8) is 0 Å². The summed E-state index contributed by atoms with van der Waals surface area (Å²) in [5.41, 5.74) is 3.51. The summed E-state index contributed by atoms with van der Waals surface area (Å²) in [5.74, 6) is 0. The van der Waals surface area contributed by atoms with E-state index in [1.165, 1.54) is 16.0 Å². The van der Waals surface area contributed by atoms with Crippen LogP contribution in [0.25, 0.3) is 0 Å². The molecule has 0 bridgehead atoms. The third-order valence-electron chi connectivity index (χ3n) is 4.57. The summed E-state index contributed by atoms with van der Waals surface area (Å²) in [5, 5.41) is 0. The number of ether oxygens (including phenoxy) is 2. The highest BCUT2D eigenvalue weighted by atomic mass is 16.6. The molecule has 1 aliphatic carbocycles. The molecule has 2 aromatic rings. The summed E-state index contributed by atoms with van der Waals surface area (Å²) in [4.78, 5) is 18.6. The Hall–Kier alpha value is -2.82. The van der Waals surface area contributed by atoms with E-state index in [2.05, 4.69) is 12.1 Å². The number of rotatable bonds is 3. The van der Waals surface area contributed by atoms with Gasteiger partial charge in [-0.25, -0.2) is 14.7 Å². The maximum atomic E-state index is 12.4. The van der Waals surface area contributed by atoms with Crippen LogP contribution >= 0.6 is 0 Å². The Labute approximate surface area is 146 Å². The van der Waals surface area contributed by atoms with Gasteiger partial charge >= 0.3 is 6.09 Å². The average molecular weight is 336 g/mol. The molecule has 0 saturated carbocycles. The van der Waals surface area contributed by atoms with Crippen LogP contribution in [0.4, 0.5) is 4.79 Å². The minimum absolute atomic E-state index is 0.0497. The zero-order valence-corrected chi connectivity index (χ0v) is 13.9. The Bertz CT molecular complexity index is 789. The topological polar surface area (TPSA) is 51.1 Å². The molecule has 2 aliphatic rings. The summed E-state index contributed by atoms with van der Waals surface area (Å²) >= 11 is 0. The standard InChI is InChI=1S/C20H20N2O3/c23-20(25-14-15-6-2-1-3-7-15)22-12-13-24-19(22)21-18-11-10-16-8-4-5-9-17(16)18/h1-9,18H,10-14H2. The summed E-state index contributed by atoms with van der Waals surface area (Å²) < 4.78 is 11.0. The Morgan fingerprint density at radius 1 is 1.16 bits per heavy atom. The predicted molar refractivity (Wildman–Crippen MR) is 94.2 cm³/mol. The minimum Gasteiger partial charge on any atom is -0.463 e. The average Bonchev–Trinajstić information content (AvgIpc) is 3.28. The Morgan fingerprint density at radius 3 is 2.84 bits per heavy atom. The van der Waals surface area contributed by atoms with Gasteiger partial charge in [0.15, 0.2) is 0 Å². The van der Waals surface area contributed by atoms with Crippen molar-refractivity contribution in [2.75, 3.05) is 13.2 Å². The molecular weight excluding hydrogens is 316 g/mol. The molecule has 0 spiro atoms. The van der Waals surface area contributed by atoms with Crippen molar-refractivity contribution in [1.29, 1.82) is 0 Å². The smallest absolute Gasteiger partial charge is 0.418 e. The van der Waals surface area contributed by atoms with Crippen LogP contribution in [0.2, 0.25) is 0 Å². The van der Waals surface area contributed by atoms with E-state index in [0.29, 0.717) is 19.2 Å². The lowest BCUT2D eigenvalue weighted by Gasteiger charge is -2.16. The van der Waals surface area contributed by atoms with Crippen molar-refractivity contribution >= 4 is 12.1 Å². The largest absolute Gasteiger partial charge is 0.463 e. The first kappa shape index (κ1) is 15.7. The van der Waals surface area contributed by atoms with Gasteiger partial charge in [-0.05, 0) is 29.5 Å². The van der Waals surface area contributed by atoms with Crippen LogP contribution in [0.15, 0.2) is 59.6 Å². The van der Waals surface area contributed by atoms with Gasteiger partial charge in [0, 0.05) is 0 Å². The predicted octanol–water partition coefficient (Wildman–Crippen LogP) is 3.70. The summed E-state index contributed by atoms with van der Waals surface area (Å²) in [6, 6.07) is 18.4. The van der Waals surface area contributed by atoms with Crippen LogP contribution in [0.3, 0.4) is 0 Å². The van der Waals surface area contributed by atoms with E-state index in [1.54, 1.807) is 0 Å². The lowest BCUT2D eigenvalue weighted by molar-refractivity contribution is 0.118. The number of carbonyl (C=O) groups excluding carboxylic acids is 1. The zero-order valence-electron chi connectivity index (χ0n) is 13.9. The Kier molecular flexibility index (Phi) is 4.37. The van der Waals surface area contributed by atoms with Gasteiger partial charge in [-0.15, -0.1) is 0 Å². The quantitative estimate of drug-likeness (QED) is 0.859. The molecule has 0 aromatic heterocycles. The monoisotopic (exact) mass is 336 g/mol. The number of benzene rings is 2. The van der Waals surface area contributed by atoms with Crippen LogP contribution in [0.5, 0.6) is 0 Å². The van der Waals surface area contributed by atoms with Crippen LogP contribution in [-0.4, -0.2) is 30.2 Å². The van der Waals surface area contributed by atoms with E-state index in [1.807, 2.05) is 42.5 Å². The molecule has 2 aromatic carbocycles. The second kappa shape index (κ2) is 6.97. The fourth-order valence-electron chi connectivity index (χ4n) is 3.28. The Morgan fingerprint density at radius 2 is 1.96 bits per heavy atom. The fraction of sp³-hybridized carbons (Fsp3) is 0.300. The summed E-state index contributed by atoms with van der Waals surface area (Å²) in [6.45, 7) is 1.17. The molecule has 5 heteroatoms. The van der Waals surface area contributed by atoms with Crippen LogP contribution in [-0.2, 0) is 22.5 Å². The van der Waals surface area contributed by atoms with Crippen molar-refractivity contribution < 1.29 is 14.3 Å². The van der Waals surface area contributed by atoms with Crippen molar-refractivity contribution in [2.45, 2.75) is 25.5 Å². The lowest BCUT2D eigenvalue weighted by atomic mass is 10.1. The molecule has 1 saturated heterocycles. The lowest BCUT2D eigenvalue weighted by Crippen LogP contribution is -2.33. The van der Waals surface area contributed by atoms with Gasteiger partial charge in [-0.1, -0.05) is 54.6 Å². The Balaban J connectivity index is 1.44. The van der Waals surface area contributed by atoms with E-state index in [4.69, 9.17) is 14.5 Å². The SMILES string of the molecule is O=C(OCc1ccccc1)N1CCOC1=NC1CCc2ccccc21. The van der Waals surface area contributed by atoms with Gasteiger partial charge < -0.3 is 9.47 Å². The van der Waals surface area contributed by atoms with Gasteiger partial charge in [0.25, 0.3) is 6.02 Å². The van der Waals surface area contributed by atoms with Gasteiger partial charge in [0.1, 0.15) is 13.2 Å². The number of amides is 1. The normalized spacial score (nSPS) is 20.4. The number of amidine groups is 1. The third-order valence-corrected chi connectivity index (χ3v) is 4.57. The van der Waals surface area contributed by atoms with E-state index in [9.17, 15) is 4.79 Å². The number of carbonyl (C=O) groups is 1. The van der Waals surface area contributed by atoms with Gasteiger partial charge in [0.05, 0.1) is 12.6 Å². The molecule has 1 unspecified atom stereocenters. The second-order valence-electron chi connectivity index (χ2n) is 6.21. The van der Waals surface area contributed by atoms with Crippen molar-refractivity contribution in [2.24, 2.45) is 4.99 Å². The molecule has 1 heterocycles. The summed E-state index contributed by atoms with van der Waals surface area (Å²) in [6.07, 6.45) is 1.54. The highest BCUT2D eigenvalue weighted by Crippen LogP contribution is 2.34. The summed E-state index contributed by atoms with van der Waals surface area (Å²) in [7, 11) is 0. The third kappa shape index (κ3) is 3.36. The number of nitrogens with zero attached hydrogens (tertiary/aromatic N) is 2. The molecule has 1 amide bonds. The van der Waals surface area contributed by atoms with E-state index in [-0.39, 0.29) is 12.6 Å². The molecule has 0 N–H and O–H groups in total. The fourth-order valence-corrected chi connectivity index (χ4v) is 3.28. The first-order chi connectivity index (χ1) is 12.3. The first-order valence-electron chi connectivity index (χ1n) is 8.58. The molecule has 25 heavy (non-hydrogen) atoms. The second-order valence-corrected chi connectivity index (χ2v) is 6.21. The highest BCUT2D eigenvalue weighted by Gasteiger charge is 2.31. The number of hydrogen-bond donors (Lipinski definition) is 0. The van der Waals surface area contributed by atoms with Crippen LogP contribution < -0.4 is 0 Å². The van der Waals surface area contributed by atoms with Gasteiger partial charge in [0.2, 0.25) is 0 Å². The van der Waals surface area contributed by atoms with Crippen molar-refractivity contribution in [1.82, 2.24) is 4.90 Å². The van der Waals surface area contributed by atoms with Gasteiger partial charge in [-0.2, -0.15) is 0 Å². The van der Waals surface area contributed by atoms with Crippen LogP contribution in [0.1, 0.15) is 29.2 Å². The molecule has 1 atom stereocenters. The molecular formula is C20H20N2O3. The van der Waals surface area contributed by atoms with E-state index in [0.717, 1.165) is 18.4 Å². The van der Waals surface area contributed by atoms with Crippen molar-refractivity contribution in [3.05, 3.63) is 71.3 Å². The first-order valence-corrected chi connectivity index (χ1v) is 8.58. The minimum atomic E-state index is -0.411. The van der Waals surface area contributed by atoms with E-state index < -0.39 is 6.09 Å². The molecule has 0 radical (unpaired) electrons.